The van der Waals surface area contributed by atoms with Gasteiger partial charge >= 0.3 is 6.03 Å². The molecule has 2 aromatic rings. The third-order valence-electron chi connectivity index (χ3n) is 4.65. The van der Waals surface area contributed by atoms with Gasteiger partial charge in [0.25, 0.3) is 5.91 Å². The maximum Gasteiger partial charge on any atom is 0.325 e. The Balaban J connectivity index is 1.49. The lowest BCUT2D eigenvalue weighted by atomic mass is 9.84. The van der Waals surface area contributed by atoms with Gasteiger partial charge in [0.1, 0.15) is 18.1 Å². The summed E-state index contributed by atoms with van der Waals surface area (Å²) < 4.78 is 12.2. The second-order valence-electron chi connectivity index (χ2n) is 6.19. The van der Waals surface area contributed by atoms with Crippen LogP contribution in [0.15, 0.2) is 53.0 Å². The molecule has 0 bridgehead atoms. The van der Waals surface area contributed by atoms with Gasteiger partial charge in [-0.3, -0.25) is 9.69 Å². The zero-order valence-electron chi connectivity index (χ0n) is 13.9. The van der Waals surface area contributed by atoms with Gasteiger partial charge in [0.15, 0.2) is 5.54 Å². The van der Waals surface area contributed by atoms with Crippen LogP contribution in [-0.4, -0.2) is 36.6 Å². The minimum absolute atomic E-state index is 0.186. The van der Waals surface area contributed by atoms with Crippen molar-refractivity contribution in [2.75, 3.05) is 19.8 Å². The van der Waals surface area contributed by atoms with Gasteiger partial charge in [-0.2, -0.15) is 0 Å². The van der Waals surface area contributed by atoms with Crippen molar-refractivity contribution in [2.24, 2.45) is 0 Å². The highest BCUT2D eigenvalue weighted by Crippen LogP contribution is 2.40. The fraction of sp³-hybridized carbons (Fsp3) is 0.263. The Bertz CT molecular complexity index is 855. The van der Waals surface area contributed by atoms with Crippen molar-refractivity contribution >= 4 is 27.9 Å². The topological polar surface area (TPSA) is 67.9 Å². The number of para-hydroxylation sites is 1. The molecular formula is C19H17BrN2O4. The van der Waals surface area contributed by atoms with E-state index in [9.17, 15) is 9.59 Å². The van der Waals surface area contributed by atoms with E-state index in [0.29, 0.717) is 30.1 Å². The van der Waals surface area contributed by atoms with Crippen molar-refractivity contribution in [2.45, 2.75) is 12.0 Å². The molecule has 0 saturated carbocycles. The van der Waals surface area contributed by atoms with Crippen molar-refractivity contribution in [3.05, 3.63) is 58.6 Å². The Kier molecular flexibility index (Phi) is 4.32. The van der Waals surface area contributed by atoms with Crippen LogP contribution in [0.2, 0.25) is 0 Å². The lowest BCUT2D eigenvalue weighted by Gasteiger charge is -2.33. The summed E-state index contributed by atoms with van der Waals surface area (Å²) in [5, 5.41) is 2.88. The first-order valence-electron chi connectivity index (χ1n) is 8.35. The summed E-state index contributed by atoms with van der Waals surface area (Å²) in [5.41, 5.74) is -0.329. The first-order chi connectivity index (χ1) is 12.6. The molecule has 1 fully saturated rings. The summed E-state index contributed by atoms with van der Waals surface area (Å²) in [6.07, 6.45) is 0.415. The first kappa shape index (κ1) is 16.9. The van der Waals surface area contributed by atoms with E-state index in [1.807, 2.05) is 48.5 Å². The molecule has 134 valence electrons. The van der Waals surface area contributed by atoms with Crippen LogP contribution in [0.25, 0.3) is 0 Å². The Morgan fingerprint density at radius 1 is 1.15 bits per heavy atom. The third-order valence-corrected chi connectivity index (χ3v) is 5.18. The number of hydrogen-bond acceptors (Lipinski definition) is 4. The Labute approximate surface area is 159 Å². The van der Waals surface area contributed by atoms with E-state index in [1.165, 1.54) is 4.90 Å². The maximum absolute atomic E-state index is 13.1. The molecule has 4 rings (SSSR count). The molecule has 26 heavy (non-hydrogen) atoms. The zero-order valence-corrected chi connectivity index (χ0v) is 15.5. The van der Waals surface area contributed by atoms with Crippen LogP contribution < -0.4 is 14.8 Å². The van der Waals surface area contributed by atoms with Gasteiger partial charge in [0, 0.05) is 16.5 Å². The van der Waals surface area contributed by atoms with Crippen LogP contribution in [0.4, 0.5) is 4.79 Å². The molecule has 1 saturated heterocycles. The second kappa shape index (κ2) is 6.64. The van der Waals surface area contributed by atoms with Crippen molar-refractivity contribution in [3.8, 4) is 11.5 Å². The Morgan fingerprint density at radius 2 is 1.92 bits per heavy atom. The standard InChI is InChI=1S/C19H17BrN2O4/c20-13-5-7-14(8-6-13)25-12-10-22-17(23)19(21-18(22)24)9-11-26-16-4-2-1-3-15(16)19/h1-8H,9-12H2,(H,21,24). The van der Waals surface area contributed by atoms with Crippen LogP contribution in [0, 0.1) is 0 Å². The van der Waals surface area contributed by atoms with Crippen molar-refractivity contribution in [1.82, 2.24) is 10.2 Å². The molecule has 7 heteroatoms. The summed E-state index contributed by atoms with van der Waals surface area (Å²) in [4.78, 5) is 26.7. The van der Waals surface area contributed by atoms with E-state index >= 15 is 0 Å². The quantitative estimate of drug-likeness (QED) is 0.777. The van der Waals surface area contributed by atoms with E-state index in [0.717, 1.165) is 4.47 Å². The highest BCUT2D eigenvalue weighted by molar-refractivity contribution is 9.10. The number of benzene rings is 2. The zero-order chi connectivity index (χ0) is 18.1. The summed E-state index contributed by atoms with van der Waals surface area (Å²) >= 11 is 3.37. The molecule has 0 aliphatic carbocycles. The average Bonchev–Trinajstić information content (AvgIpc) is 2.88. The van der Waals surface area contributed by atoms with E-state index < -0.39 is 11.6 Å². The fourth-order valence-corrected chi connectivity index (χ4v) is 3.62. The number of rotatable bonds is 4. The van der Waals surface area contributed by atoms with E-state index in [1.54, 1.807) is 0 Å². The summed E-state index contributed by atoms with van der Waals surface area (Å²) in [7, 11) is 0. The molecule has 2 aromatic carbocycles. The number of hydrogen-bond donors (Lipinski definition) is 1. The predicted octanol–water partition coefficient (Wildman–Crippen LogP) is 3.06. The number of carbonyl (C=O) groups is 2. The monoisotopic (exact) mass is 416 g/mol. The van der Waals surface area contributed by atoms with E-state index in [4.69, 9.17) is 9.47 Å². The molecule has 0 aromatic heterocycles. The summed E-state index contributed by atoms with van der Waals surface area (Å²) in [6.45, 7) is 0.798. The smallest absolute Gasteiger partial charge is 0.325 e. The van der Waals surface area contributed by atoms with E-state index in [-0.39, 0.29) is 19.1 Å². The molecule has 2 aliphatic rings. The number of nitrogens with one attached hydrogen (secondary N) is 1. The van der Waals surface area contributed by atoms with Gasteiger partial charge in [-0.25, -0.2) is 4.79 Å². The molecular weight excluding hydrogens is 400 g/mol. The third kappa shape index (κ3) is 2.82. The van der Waals surface area contributed by atoms with Crippen molar-refractivity contribution in [1.29, 1.82) is 0 Å². The van der Waals surface area contributed by atoms with Crippen LogP contribution in [0.5, 0.6) is 11.5 Å². The number of nitrogens with zero attached hydrogens (tertiary/aromatic N) is 1. The predicted molar refractivity (Wildman–Crippen MR) is 98.1 cm³/mol. The molecule has 2 aliphatic heterocycles. The maximum atomic E-state index is 13.1. The Morgan fingerprint density at radius 3 is 2.73 bits per heavy atom. The van der Waals surface area contributed by atoms with Crippen LogP contribution in [0.1, 0.15) is 12.0 Å². The molecule has 2 heterocycles. The number of imide groups is 1. The summed E-state index contributed by atoms with van der Waals surface area (Å²) in [5.74, 6) is 1.07. The number of carbonyl (C=O) groups excluding carboxylic acids is 2. The minimum Gasteiger partial charge on any atom is -0.493 e. The molecule has 1 spiro atoms. The van der Waals surface area contributed by atoms with Gasteiger partial charge < -0.3 is 14.8 Å². The highest BCUT2D eigenvalue weighted by atomic mass is 79.9. The minimum atomic E-state index is -1.04. The molecule has 6 nitrogen and oxygen atoms in total. The highest BCUT2D eigenvalue weighted by Gasteiger charge is 2.54. The molecule has 1 unspecified atom stereocenters. The normalized spacial score (nSPS) is 21.3. The van der Waals surface area contributed by atoms with Crippen LogP contribution in [0.3, 0.4) is 0 Å². The number of amides is 3. The van der Waals surface area contributed by atoms with Crippen molar-refractivity contribution < 1.29 is 19.1 Å². The Hall–Kier alpha value is -2.54. The van der Waals surface area contributed by atoms with Crippen molar-refractivity contribution in [3.63, 3.8) is 0 Å². The van der Waals surface area contributed by atoms with Gasteiger partial charge in [0.05, 0.1) is 13.2 Å². The number of halogens is 1. The average molecular weight is 417 g/mol. The largest absolute Gasteiger partial charge is 0.493 e. The van der Waals surface area contributed by atoms with Gasteiger partial charge in [0.2, 0.25) is 0 Å². The first-order valence-corrected chi connectivity index (χ1v) is 9.14. The molecule has 3 amide bonds. The molecule has 1 N–H and O–H groups in total. The fourth-order valence-electron chi connectivity index (χ4n) is 3.36. The van der Waals surface area contributed by atoms with Gasteiger partial charge in [-0.05, 0) is 30.3 Å². The number of fused-ring (bicyclic) bond motifs is 2. The lowest BCUT2D eigenvalue weighted by Crippen LogP contribution is -2.47. The van der Waals surface area contributed by atoms with Crippen LogP contribution >= 0.6 is 15.9 Å². The summed E-state index contributed by atoms with van der Waals surface area (Å²) in [6, 6.07) is 14.3. The molecule has 1 atom stereocenters. The SMILES string of the molecule is O=C1NC2(CCOc3ccccc32)C(=O)N1CCOc1ccc(Br)cc1. The van der Waals surface area contributed by atoms with Gasteiger partial charge in [-0.1, -0.05) is 34.1 Å². The number of ether oxygens (including phenoxy) is 2. The lowest BCUT2D eigenvalue weighted by molar-refractivity contribution is -0.132. The number of urea groups is 1. The van der Waals surface area contributed by atoms with E-state index in [2.05, 4.69) is 21.2 Å². The molecule has 0 radical (unpaired) electrons. The second-order valence-corrected chi connectivity index (χ2v) is 7.10. The van der Waals surface area contributed by atoms with Crippen LogP contribution in [-0.2, 0) is 10.3 Å². The van der Waals surface area contributed by atoms with Gasteiger partial charge in [-0.15, -0.1) is 0 Å².